The van der Waals surface area contributed by atoms with Gasteiger partial charge in [0.15, 0.2) is 0 Å². The van der Waals surface area contributed by atoms with Gasteiger partial charge in [-0.05, 0) is 31.2 Å². The largest absolute Gasteiger partial charge is 0.462 e. The van der Waals surface area contributed by atoms with Crippen LogP contribution >= 0.6 is 0 Å². The van der Waals surface area contributed by atoms with Crippen LogP contribution in [0.15, 0.2) is 30.3 Å². The van der Waals surface area contributed by atoms with E-state index in [0.717, 1.165) is 31.2 Å². The summed E-state index contributed by atoms with van der Waals surface area (Å²) >= 11 is 0. The minimum absolute atomic E-state index is 0.0633. The van der Waals surface area contributed by atoms with Crippen LogP contribution in [0, 0.1) is 0 Å². The first-order chi connectivity index (χ1) is 10.2. The van der Waals surface area contributed by atoms with E-state index in [-0.39, 0.29) is 24.4 Å². The summed E-state index contributed by atoms with van der Waals surface area (Å²) in [5.74, 6) is -0.270. The molecular weight excluding hydrogens is 266 g/mol. The van der Waals surface area contributed by atoms with Crippen LogP contribution in [0.1, 0.15) is 44.1 Å². The maximum absolute atomic E-state index is 11.7. The predicted molar refractivity (Wildman–Crippen MR) is 80.7 cm³/mol. The number of esters is 1. The zero-order valence-electron chi connectivity index (χ0n) is 12.3. The number of carbonyl (C=O) groups excluding carboxylic acids is 2. The van der Waals surface area contributed by atoms with Crippen LogP contribution in [0.3, 0.4) is 0 Å². The quantitative estimate of drug-likeness (QED) is 0.819. The molecule has 0 aromatic heterocycles. The van der Waals surface area contributed by atoms with Gasteiger partial charge in [0.1, 0.15) is 6.10 Å². The molecule has 1 N–H and O–H groups in total. The smallest absolute Gasteiger partial charge is 0.307 e. The number of ether oxygens (including phenoxy) is 1. The minimum Gasteiger partial charge on any atom is -0.462 e. The van der Waals surface area contributed by atoms with Crippen molar-refractivity contribution in [1.29, 1.82) is 0 Å². The molecule has 21 heavy (non-hydrogen) atoms. The second kappa shape index (κ2) is 8.45. The van der Waals surface area contributed by atoms with Crippen molar-refractivity contribution in [2.45, 2.75) is 51.0 Å². The van der Waals surface area contributed by atoms with Gasteiger partial charge in [0.25, 0.3) is 0 Å². The molecule has 0 spiro atoms. The molecule has 1 fully saturated rings. The van der Waals surface area contributed by atoms with Crippen LogP contribution in [0.25, 0.3) is 0 Å². The van der Waals surface area contributed by atoms with Crippen LogP contribution in [0.2, 0.25) is 0 Å². The second-order valence-electron chi connectivity index (χ2n) is 5.51. The summed E-state index contributed by atoms with van der Waals surface area (Å²) in [5.41, 5.74) is 0.972. The molecule has 1 saturated carbocycles. The first-order valence-corrected chi connectivity index (χ1v) is 7.74. The molecule has 2 rings (SSSR count). The zero-order valence-corrected chi connectivity index (χ0v) is 12.3. The van der Waals surface area contributed by atoms with Gasteiger partial charge in [-0.15, -0.1) is 0 Å². The highest BCUT2D eigenvalue weighted by Gasteiger charge is 2.17. The summed E-state index contributed by atoms with van der Waals surface area (Å²) in [7, 11) is 0. The van der Waals surface area contributed by atoms with Crippen LogP contribution in [0.4, 0.5) is 0 Å². The SMILES string of the molecule is O=C(Cc1ccccc1)NCCC(=O)OC1CCCCC1. The van der Waals surface area contributed by atoms with Crippen LogP contribution in [-0.4, -0.2) is 24.5 Å². The number of hydrogen-bond donors (Lipinski definition) is 1. The normalized spacial score (nSPS) is 15.4. The third-order valence-corrected chi connectivity index (χ3v) is 3.71. The van der Waals surface area contributed by atoms with E-state index in [1.54, 1.807) is 0 Å². The highest BCUT2D eigenvalue weighted by molar-refractivity contribution is 5.79. The Labute approximate surface area is 125 Å². The number of nitrogens with one attached hydrogen (secondary N) is 1. The van der Waals surface area contributed by atoms with Gasteiger partial charge in [0.05, 0.1) is 12.8 Å². The number of benzene rings is 1. The average Bonchev–Trinajstić information content (AvgIpc) is 2.49. The fraction of sp³-hybridized carbons (Fsp3) is 0.529. The number of amides is 1. The molecule has 0 aliphatic heterocycles. The maximum Gasteiger partial charge on any atom is 0.307 e. The molecule has 0 saturated heterocycles. The Morgan fingerprint density at radius 3 is 2.52 bits per heavy atom. The lowest BCUT2D eigenvalue weighted by molar-refractivity contribution is -0.150. The van der Waals surface area contributed by atoms with Gasteiger partial charge in [-0.3, -0.25) is 9.59 Å². The highest BCUT2D eigenvalue weighted by atomic mass is 16.5. The monoisotopic (exact) mass is 289 g/mol. The third-order valence-electron chi connectivity index (χ3n) is 3.71. The fourth-order valence-corrected chi connectivity index (χ4v) is 2.58. The standard InChI is InChI=1S/C17H23NO3/c19-16(13-14-7-3-1-4-8-14)18-12-11-17(20)21-15-9-5-2-6-10-15/h1,3-4,7-8,15H,2,5-6,9-13H2,(H,18,19). The Bertz CT molecular complexity index is 452. The second-order valence-corrected chi connectivity index (χ2v) is 5.51. The zero-order chi connectivity index (χ0) is 14.9. The van der Waals surface area contributed by atoms with E-state index in [9.17, 15) is 9.59 Å². The van der Waals surface area contributed by atoms with Crippen LogP contribution in [0.5, 0.6) is 0 Å². The molecule has 0 radical (unpaired) electrons. The van der Waals surface area contributed by atoms with Crippen molar-refractivity contribution in [2.24, 2.45) is 0 Å². The first-order valence-electron chi connectivity index (χ1n) is 7.74. The van der Waals surface area contributed by atoms with E-state index >= 15 is 0 Å². The average molecular weight is 289 g/mol. The first kappa shape index (κ1) is 15.5. The number of carbonyl (C=O) groups is 2. The third kappa shape index (κ3) is 5.98. The number of hydrogen-bond acceptors (Lipinski definition) is 3. The van der Waals surface area contributed by atoms with Gasteiger partial charge < -0.3 is 10.1 Å². The molecule has 4 heteroatoms. The Hall–Kier alpha value is -1.84. The van der Waals surface area contributed by atoms with Crippen molar-refractivity contribution in [3.63, 3.8) is 0 Å². The van der Waals surface area contributed by atoms with Gasteiger partial charge in [-0.2, -0.15) is 0 Å². The summed E-state index contributed by atoms with van der Waals surface area (Å²) in [4.78, 5) is 23.4. The predicted octanol–water partition coefficient (Wildman–Crippen LogP) is 2.61. The molecule has 1 aromatic carbocycles. The molecule has 114 valence electrons. The van der Waals surface area contributed by atoms with Gasteiger partial charge in [0.2, 0.25) is 5.91 Å². The molecule has 1 aliphatic carbocycles. The Kier molecular flexibility index (Phi) is 6.25. The molecule has 4 nitrogen and oxygen atoms in total. The van der Waals surface area contributed by atoms with Gasteiger partial charge in [0, 0.05) is 6.54 Å². The molecule has 1 aromatic rings. The summed E-state index contributed by atoms with van der Waals surface area (Å²) < 4.78 is 5.40. The van der Waals surface area contributed by atoms with E-state index in [1.807, 2.05) is 30.3 Å². The Balaban J connectivity index is 1.60. The summed E-state index contributed by atoms with van der Waals surface area (Å²) in [6, 6.07) is 9.56. The molecule has 1 amide bonds. The maximum atomic E-state index is 11.7. The van der Waals surface area contributed by atoms with Crippen molar-refractivity contribution in [3.8, 4) is 0 Å². The van der Waals surface area contributed by atoms with Crippen molar-refractivity contribution < 1.29 is 14.3 Å². The van der Waals surface area contributed by atoms with Crippen molar-refractivity contribution in [1.82, 2.24) is 5.32 Å². The van der Waals surface area contributed by atoms with E-state index in [2.05, 4.69) is 5.32 Å². The molecule has 1 aliphatic rings. The lowest BCUT2D eigenvalue weighted by atomic mass is 9.98. The summed E-state index contributed by atoms with van der Waals surface area (Å²) in [6.07, 6.45) is 6.17. The molecule has 0 atom stereocenters. The fourth-order valence-electron chi connectivity index (χ4n) is 2.58. The minimum atomic E-state index is -0.207. The van der Waals surface area contributed by atoms with Crippen molar-refractivity contribution in [2.75, 3.05) is 6.54 Å². The van der Waals surface area contributed by atoms with Crippen molar-refractivity contribution >= 4 is 11.9 Å². The summed E-state index contributed by atoms with van der Waals surface area (Å²) in [5, 5.41) is 2.76. The molecule has 0 unspecified atom stereocenters. The lowest BCUT2D eigenvalue weighted by Gasteiger charge is -2.21. The lowest BCUT2D eigenvalue weighted by Crippen LogP contribution is -2.29. The van der Waals surface area contributed by atoms with E-state index in [4.69, 9.17) is 4.74 Å². The van der Waals surface area contributed by atoms with E-state index in [1.165, 1.54) is 6.42 Å². The highest BCUT2D eigenvalue weighted by Crippen LogP contribution is 2.20. The molecular formula is C17H23NO3. The van der Waals surface area contributed by atoms with Crippen LogP contribution < -0.4 is 5.32 Å². The van der Waals surface area contributed by atoms with Gasteiger partial charge in [-0.1, -0.05) is 36.8 Å². The number of rotatable bonds is 6. The van der Waals surface area contributed by atoms with Crippen LogP contribution in [-0.2, 0) is 20.7 Å². The molecule has 0 bridgehead atoms. The molecule has 0 heterocycles. The van der Waals surface area contributed by atoms with Gasteiger partial charge >= 0.3 is 5.97 Å². The van der Waals surface area contributed by atoms with E-state index < -0.39 is 0 Å². The van der Waals surface area contributed by atoms with Crippen molar-refractivity contribution in [3.05, 3.63) is 35.9 Å². The topological polar surface area (TPSA) is 55.4 Å². The summed E-state index contributed by atoms with van der Waals surface area (Å²) in [6.45, 7) is 0.344. The Morgan fingerprint density at radius 2 is 1.81 bits per heavy atom. The van der Waals surface area contributed by atoms with E-state index in [0.29, 0.717) is 13.0 Å². The Morgan fingerprint density at radius 1 is 1.10 bits per heavy atom. The van der Waals surface area contributed by atoms with Gasteiger partial charge in [-0.25, -0.2) is 0 Å².